The highest BCUT2D eigenvalue weighted by atomic mass is 32.2. The largest absolute Gasteiger partial charge is 0.478 e. The SMILES string of the molecule is Cc1ccc(C2(F)SC(c3ccc(C(=O)O)cc3)=NC2(F)F)cc1. The maximum absolute atomic E-state index is 15.1. The molecular weight excluding hydrogens is 339 g/mol. The predicted molar refractivity (Wildman–Crippen MR) is 86.4 cm³/mol. The van der Waals surface area contributed by atoms with Crippen LogP contribution in [0.4, 0.5) is 13.2 Å². The molecule has 0 bridgehead atoms. The average molecular weight is 351 g/mol. The first-order chi connectivity index (χ1) is 11.2. The minimum Gasteiger partial charge on any atom is -0.478 e. The third-order valence-corrected chi connectivity index (χ3v) is 4.95. The Balaban J connectivity index is 1.96. The van der Waals surface area contributed by atoms with Gasteiger partial charge < -0.3 is 5.11 Å². The Hall–Kier alpha value is -2.28. The molecule has 7 heteroatoms. The van der Waals surface area contributed by atoms with Crippen LogP contribution >= 0.6 is 11.8 Å². The van der Waals surface area contributed by atoms with E-state index < -0.39 is 17.0 Å². The summed E-state index contributed by atoms with van der Waals surface area (Å²) in [6.45, 7) is 1.78. The zero-order chi connectivity index (χ0) is 17.5. The van der Waals surface area contributed by atoms with Crippen LogP contribution in [0.2, 0.25) is 0 Å². The molecule has 124 valence electrons. The van der Waals surface area contributed by atoms with Crippen molar-refractivity contribution < 1.29 is 23.1 Å². The minimum atomic E-state index is -3.92. The molecule has 0 spiro atoms. The molecule has 0 amide bonds. The summed E-state index contributed by atoms with van der Waals surface area (Å²) in [6.07, 6.45) is 0. The molecule has 1 heterocycles. The number of alkyl halides is 3. The smallest absolute Gasteiger partial charge is 0.391 e. The van der Waals surface area contributed by atoms with E-state index in [0.717, 1.165) is 5.56 Å². The fraction of sp³-hybridized carbons (Fsp3) is 0.176. The molecule has 1 unspecified atom stereocenters. The summed E-state index contributed by atoms with van der Waals surface area (Å²) in [5.41, 5.74) is 0.929. The van der Waals surface area contributed by atoms with Crippen molar-refractivity contribution in [3.63, 3.8) is 0 Å². The van der Waals surface area contributed by atoms with E-state index in [0.29, 0.717) is 11.8 Å². The molecule has 3 rings (SSSR count). The monoisotopic (exact) mass is 351 g/mol. The highest BCUT2D eigenvalue weighted by Crippen LogP contribution is 2.56. The molecule has 24 heavy (non-hydrogen) atoms. The first-order valence-corrected chi connectivity index (χ1v) is 7.81. The van der Waals surface area contributed by atoms with Crippen LogP contribution in [-0.4, -0.2) is 22.2 Å². The van der Waals surface area contributed by atoms with Gasteiger partial charge in [-0.05, 0) is 19.1 Å². The third kappa shape index (κ3) is 2.69. The number of carboxylic acid groups (broad SMARTS) is 1. The minimum absolute atomic E-state index is 0.0131. The van der Waals surface area contributed by atoms with Gasteiger partial charge in [0, 0.05) is 11.1 Å². The summed E-state index contributed by atoms with van der Waals surface area (Å²) >= 11 is 0.332. The van der Waals surface area contributed by atoms with Crippen molar-refractivity contribution in [2.45, 2.75) is 18.0 Å². The average Bonchev–Trinajstić information content (AvgIpc) is 2.79. The van der Waals surface area contributed by atoms with Gasteiger partial charge in [-0.1, -0.05) is 53.7 Å². The fourth-order valence-electron chi connectivity index (χ4n) is 2.30. The Bertz CT molecular complexity index is 819. The number of thioether (sulfide) groups is 1. The van der Waals surface area contributed by atoms with Gasteiger partial charge >= 0.3 is 12.0 Å². The van der Waals surface area contributed by atoms with E-state index in [-0.39, 0.29) is 21.7 Å². The van der Waals surface area contributed by atoms with E-state index in [4.69, 9.17) is 5.11 Å². The van der Waals surface area contributed by atoms with Crippen LogP contribution in [-0.2, 0) is 5.00 Å². The Labute approximate surface area is 140 Å². The van der Waals surface area contributed by atoms with Gasteiger partial charge in [0.1, 0.15) is 5.04 Å². The van der Waals surface area contributed by atoms with Crippen LogP contribution in [0.25, 0.3) is 0 Å². The van der Waals surface area contributed by atoms with Crippen LogP contribution in [0.15, 0.2) is 53.5 Å². The number of rotatable bonds is 3. The molecule has 0 fully saturated rings. The van der Waals surface area contributed by atoms with Crippen molar-refractivity contribution in [3.8, 4) is 0 Å². The summed E-state index contributed by atoms with van der Waals surface area (Å²) < 4.78 is 43.6. The fourth-order valence-corrected chi connectivity index (χ4v) is 3.40. The Morgan fingerprint density at radius 2 is 1.62 bits per heavy atom. The number of carboxylic acids is 1. The molecule has 1 atom stereocenters. The van der Waals surface area contributed by atoms with E-state index >= 15 is 4.39 Å². The van der Waals surface area contributed by atoms with Crippen molar-refractivity contribution in [1.29, 1.82) is 0 Å². The Morgan fingerprint density at radius 3 is 2.17 bits per heavy atom. The van der Waals surface area contributed by atoms with E-state index in [9.17, 15) is 13.6 Å². The van der Waals surface area contributed by atoms with Gasteiger partial charge in [-0.3, -0.25) is 0 Å². The maximum Gasteiger partial charge on any atom is 0.391 e. The lowest BCUT2D eigenvalue weighted by Crippen LogP contribution is -2.33. The molecule has 2 aromatic rings. The first kappa shape index (κ1) is 16.6. The molecule has 1 aliphatic heterocycles. The molecular formula is C17H12F3NO2S. The molecule has 2 aromatic carbocycles. The van der Waals surface area contributed by atoms with Crippen LogP contribution < -0.4 is 0 Å². The topological polar surface area (TPSA) is 49.7 Å². The zero-order valence-electron chi connectivity index (χ0n) is 12.5. The van der Waals surface area contributed by atoms with Gasteiger partial charge in [-0.2, -0.15) is 8.78 Å². The molecule has 1 N–H and O–H groups in total. The lowest BCUT2D eigenvalue weighted by atomic mass is 10.1. The van der Waals surface area contributed by atoms with Crippen molar-refractivity contribution in [3.05, 3.63) is 70.8 Å². The lowest BCUT2D eigenvalue weighted by molar-refractivity contribution is -0.0815. The van der Waals surface area contributed by atoms with E-state index in [2.05, 4.69) is 4.99 Å². The quantitative estimate of drug-likeness (QED) is 0.822. The number of hydrogen-bond donors (Lipinski definition) is 1. The van der Waals surface area contributed by atoms with Gasteiger partial charge in [0.25, 0.3) is 5.00 Å². The van der Waals surface area contributed by atoms with Crippen molar-refractivity contribution in [2.24, 2.45) is 4.99 Å². The molecule has 0 saturated carbocycles. The number of aromatic carboxylic acids is 1. The highest BCUT2D eigenvalue weighted by molar-refractivity contribution is 8.15. The van der Waals surface area contributed by atoms with Gasteiger partial charge in [-0.25, -0.2) is 14.2 Å². The van der Waals surface area contributed by atoms with Crippen molar-refractivity contribution >= 4 is 22.8 Å². The molecule has 0 aliphatic carbocycles. The zero-order valence-corrected chi connectivity index (χ0v) is 13.3. The van der Waals surface area contributed by atoms with Crippen LogP contribution in [0.3, 0.4) is 0 Å². The van der Waals surface area contributed by atoms with Crippen molar-refractivity contribution in [1.82, 2.24) is 0 Å². The second kappa shape index (κ2) is 5.66. The molecule has 0 radical (unpaired) electrons. The summed E-state index contributed by atoms with van der Waals surface area (Å²) in [4.78, 5) is 14.1. The number of halogens is 3. The number of hydrogen-bond acceptors (Lipinski definition) is 3. The van der Waals surface area contributed by atoms with Crippen LogP contribution in [0, 0.1) is 6.92 Å². The number of aryl methyl sites for hydroxylation is 1. The van der Waals surface area contributed by atoms with E-state index in [1.54, 1.807) is 19.1 Å². The molecule has 1 aliphatic rings. The van der Waals surface area contributed by atoms with E-state index in [1.165, 1.54) is 36.4 Å². The predicted octanol–water partition coefficient (Wildman–Crippen LogP) is 4.60. The number of nitrogens with zero attached hydrogens (tertiary/aromatic N) is 1. The van der Waals surface area contributed by atoms with Crippen molar-refractivity contribution in [2.75, 3.05) is 0 Å². The Kier molecular flexibility index (Phi) is 3.91. The van der Waals surface area contributed by atoms with Gasteiger partial charge in [0.15, 0.2) is 0 Å². The first-order valence-electron chi connectivity index (χ1n) is 6.99. The van der Waals surface area contributed by atoms with Crippen LogP contribution in [0.1, 0.15) is 27.0 Å². The van der Waals surface area contributed by atoms with Gasteiger partial charge in [-0.15, -0.1) is 0 Å². The second-order valence-electron chi connectivity index (χ2n) is 5.40. The number of aliphatic imine (C=N–C) groups is 1. The third-order valence-electron chi connectivity index (χ3n) is 3.67. The highest BCUT2D eigenvalue weighted by Gasteiger charge is 2.62. The summed E-state index contributed by atoms with van der Waals surface area (Å²) in [7, 11) is 0. The standard InChI is InChI=1S/C17H12F3NO2S/c1-10-2-8-13(9-3-10)16(18)17(19,20)21-14(24-16)11-4-6-12(7-5-11)15(22)23/h2-9H,1H3,(H,22,23). The summed E-state index contributed by atoms with van der Waals surface area (Å²) in [5.74, 6) is -1.13. The maximum atomic E-state index is 15.1. The summed E-state index contributed by atoms with van der Waals surface area (Å²) in [6, 6.07) is 7.06. The van der Waals surface area contributed by atoms with Crippen LogP contribution in [0.5, 0.6) is 0 Å². The second-order valence-corrected chi connectivity index (χ2v) is 6.56. The lowest BCUT2D eigenvalue weighted by Gasteiger charge is -2.24. The Morgan fingerprint density at radius 1 is 1.04 bits per heavy atom. The summed E-state index contributed by atoms with van der Waals surface area (Å²) in [5, 5.41) is 5.70. The number of carbonyl (C=O) groups is 1. The molecule has 0 saturated heterocycles. The number of benzene rings is 2. The normalized spacial score (nSPS) is 22.2. The molecule has 0 aromatic heterocycles. The van der Waals surface area contributed by atoms with Gasteiger partial charge in [0.2, 0.25) is 0 Å². The van der Waals surface area contributed by atoms with E-state index in [1.807, 2.05) is 0 Å². The van der Waals surface area contributed by atoms with Gasteiger partial charge in [0.05, 0.1) is 5.56 Å². The molecule has 3 nitrogen and oxygen atoms in total.